The topological polar surface area (TPSA) is 70.2 Å². The van der Waals surface area contributed by atoms with Gasteiger partial charge in [-0.25, -0.2) is 21.9 Å². The van der Waals surface area contributed by atoms with Crippen molar-refractivity contribution in [1.29, 1.82) is 0 Å². The first kappa shape index (κ1) is 28.9. The zero-order valence-electron chi connectivity index (χ0n) is 22.8. The molecule has 1 aromatic carbocycles. The number of nitrogens with zero attached hydrogens (tertiary/aromatic N) is 3. The molecule has 0 aliphatic carbocycles. The number of benzene rings is 1. The fourth-order valence-corrected chi connectivity index (χ4v) is 6.47. The van der Waals surface area contributed by atoms with Crippen LogP contribution in [0.15, 0.2) is 18.2 Å². The van der Waals surface area contributed by atoms with Gasteiger partial charge in [-0.3, -0.25) is 0 Å². The molecular formula is C27H44FN3O4S. The summed E-state index contributed by atoms with van der Waals surface area (Å²) in [5.41, 5.74) is 1.42. The third kappa shape index (κ3) is 8.15. The maximum Gasteiger partial charge on any atom is 0.410 e. The molecule has 2 aliphatic heterocycles. The van der Waals surface area contributed by atoms with Crippen LogP contribution in [0.25, 0.3) is 0 Å². The molecule has 2 aliphatic rings. The van der Waals surface area contributed by atoms with Crippen molar-refractivity contribution in [3.63, 3.8) is 0 Å². The molecule has 0 radical (unpaired) electrons. The van der Waals surface area contributed by atoms with E-state index in [1.54, 1.807) is 21.3 Å². The van der Waals surface area contributed by atoms with Crippen LogP contribution in [0.3, 0.4) is 0 Å². The number of sulfonamides is 1. The van der Waals surface area contributed by atoms with E-state index in [1.165, 1.54) is 6.26 Å². The summed E-state index contributed by atoms with van der Waals surface area (Å²) in [6, 6.07) is 5.46. The maximum atomic E-state index is 14.3. The first-order valence-electron chi connectivity index (χ1n) is 13.1. The molecule has 1 atom stereocenters. The molecule has 9 heteroatoms. The molecular weight excluding hydrogens is 481 g/mol. The van der Waals surface area contributed by atoms with Crippen LogP contribution in [0, 0.1) is 18.7 Å². The average Bonchev–Trinajstić information content (AvgIpc) is 2.77. The van der Waals surface area contributed by atoms with Crippen LogP contribution in [-0.2, 0) is 14.8 Å². The van der Waals surface area contributed by atoms with Gasteiger partial charge in [-0.2, -0.15) is 0 Å². The summed E-state index contributed by atoms with van der Waals surface area (Å²) in [6.45, 7) is 11.3. The van der Waals surface area contributed by atoms with Crippen molar-refractivity contribution in [2.24, 2.45) is 5.92 Å². The standard InChI is InChI=1S/C27H44FN3O4S/c1-20-17-22(19-23(28)18-20)25(21-7-15-31(16-8-21)36(6,33)34)11-14-30-12-9-24(10-13-30)29(5)26(32)35-27(2,3)4/h17-19,21,24-25H,7-16H2,1-6H3/t25-/m1/s1. The van der Waals surface area contributed by atoms with E-state index < -0.39 is 15.6 Å². The molecule has 2 fully saturated rings. The van der Waals surface area contributed by atoms with Crippen LogP contribution in [0.2, 0.25) is 0 Å². The summed E-state index contributed by atoms with van der Waals surface area (Å²) >= 11 is 0. The number of carbonyl (C=O) groups is 1. The summed E-state index contributed by atoms with van der Waals surface area (Å²) in [5, 5.41) is 0. The van der Waals surface area contributed by atoms with Crippen LogP contribution >= 0.6 is 0 Å². The fraction of sp³-hybridized carbons (Fsp3) is 0.741. The first-order valence-corrected chi connectivity index (χ1v) is 15.0. The Morgan fingerprint density at radius 3 is 2.25 bits per heavy atom. The second kappa shape index (κ2) is 11.8. The summed E-state index contributed by atoms with van der Waals surface area (Å²) in [5.74, 6) is 0.290. The van der Waals surface area contributed by atoms with Gasteiger partial charge >= 0.3 is 6.09 Å². The minimum atomic E-state index is -3.18. The summed E-state index contributed by atoms with van der Waals surface area (Å²) in [4.78, 5) is 16.6. The molecule has 3 rings (SSSR count). The predicted octanol–water partition coefficient (Wildman–Crippen LogP) is 4.61. The molecule has 2 saturated heterocycles. The maximum absolute atomic E-state index is 14.3. The van der Waals surface area contributed by atoms with Crippen molar-refractivity contribution in [3.8, 4) is 0 Å². The van der Waals surface area contributed by atoms with Crippen molar-refractivity contribution in [2.45, 2.75) is 77.4 Å². The van der Waals surface area contributed by atoms with E-state index in [4.69, 9.17) is 4.74 Å². The number of halogens is 1. The Hall–Kier alpha value is -1.71. The molecule has 0 saturated carbocycles. The molecule has 0 bridgehead atoms. The van der Waals surface area contributed by atoms with Crippen molar-refractivity contribution in [2.75, 3.05) is 46.0 Å². The Morgan fingerprint density at radius 1 is 1.11 bits per heavy atom. The molecule has 36 heavy (non-hydrogen) atoms. The predicted molar refractivity (Wildman–Crippen MR) is 141 cm³/mol. The van der Waals surface area contributed by atoms with Crippen molar-refractivity contribution in [3.05, 3.63) is 35.1 Å². The number of carbonyl (C=O) groups excluding carboxylic acids is 1. The van der Waals surface area contributed by atoms with Gasteiger partial charge in [0, 0.05) is 39.3 Å². The number of amides is 1. The monoisotopic (exact) mass is 525 g/mol. The van der Waals surface area contributed by atoms with Gasteiger partial charge in [0.05, 0.1) is 6.26 Å². The van der Waals surface area contributed by atoms with Gasteiger partial charge < -0.3 is 14.5 Å². The van der Waals surface area contributed by atoms with Crippen LogP contribution in [-0.4, -0.2) is 86.3 Å². The Bertz CT molecular complexity index is 975. The largest absolute Gasteiger partial charge is 0.444 e. The van der Waals surface area contributed by atoms with Gasteiger partial charge in [-0.15, -0.1) is 0 Å². The average molecular weight is 526 g/mol. The van der Waals surface area contributed by atoms with Crippen molar-refractivity contribution < 1.29 is 22.3 Å². The van der Waals surface area contributed by atoms with E-state index in [0.29, 0.717) is 19.0 Å². The summed E-state index contributed by atoms with van der Waals surface area (Å²) in [6.07, 6.45) is 5.26. The quantitative estimate of drug-likeness (QED) is 0.520. The molecule has 1 amide bonds. The fourth-order valence-electron chi connectivity index (χ4n) is 5.60. The smallest absolute Gasteiger partial charge is 0.410 e. The van der Waals surface area contributed by atoms with Gasteiger partial charge in [0.2, 0.25) is 10.0 Å². The van der Waals surface area contributed by atoms with Crippen LogP contribution in [0.4, 0.5) is 9.18 Å². The molecule has 2 heterocycles. The van der Waals surface area contributed by atoms with Gasteiger partial charge in [-0.1, -0.05) is 6.07 Å². The van der Waals surface area contributed by atoms with E-state index in [-0.39, 0.29) is 23.9 Å². The number of hydrogen-bond acceptors (Lipinski definition) is 5. The van der Waals surface area contributed by atoms with Gasteiger partial charge in [-0.05, 0) is 101 Å². The van der Waals surface area contributed by atoms with Crippen LogP contribution in [0.1, 0.15) is 69.9 Å². The molecule has 0 spiro atoms. The Labute approximate surface area is 217 Å². The SMILES string of the molecule is Cc1cc(F)cc([C@H](CCN2CCC(N(C)C(=O)OC(C)(C)C)CC2)C2CCN(S(C)(=O)=O)CC2)c1. The minimum Gasteiger partial charge on any atom is -0.444 e. The van der Waals surface area contributed by atoms with E-state index in [0.717, 1.165) is 62.9 Å². The zero-order valence-corrected chi connectivity index (χ0v) is 23.6. The molecule has 204 valence electrons. The second-order valence-electron chi connectivity index (χ2n) is 11.6. The summed E-state index contributed by atoms with van der Waals surface area (Å²) in [7, 11) is -1.36. The van der Waals surface area contributed by atoms with E-state index >= 15 is 0 Å². The highest BCUT2D eigenvalue weighted by Gasteiger charge is 2.32. The van der Waals surface area contributed by atoms with E-state index in [2.05, 4.69) is 11.0 Å². The highest BCUT2D eigenvalue weighted by Crippen LogP contribution is 2.37. The lowest BCUT2D eigenvalue weighted by Crippen LogP contribution is -2.47. The molecule has 0 aromatic heterocycles. The Balaban J connectivity index is 1.61. The zero-order chi connectivity index (χ0) is 26.7. The number of piperidine rings is 2. The number of ether oxygens (including phenoxy) is 1. The van der Waals surface area contributed by atoms with Gasteiger partial charge in [0.25, 0.3) is 0 Å². The molecule has 0 N–H and O–H groups in total. The highest BCUT2D eigenvalue weighted by atomic mass is 32.2. The van der Waals surface area contributed by atoms with Crippen molar-refractivity contribution in [1.82, 2.24) is 14.1 Å². The minimum absolute atomic E-state index is 0.165. The number of rotatable bonds is 7. The Morgan fingerprint density at radius 2 is 1.72 bits per heavy atom. The molecule has 7 nitrogen and oxygen atoms in total. The highest BCUT2D eigenvalue weighted by molar-refractivity contribution is 7.88. The van der Waals surface area contributed by atoms with Crippen LogP contribution in [0.5, 0.6) is 0 Å². The molecule has 0 unspecified atom stereocenters. The number of hydrogen-bond donors (Lipinski definition) is 0. The normalized spacial score (nSPS) is 20.3. The van der Waals surface area contributed by atoms with E-state index in [9.17, 15) is 17.6 Å². The lowest BCUT2D eigenvalue weighted by molar-refractivity contribution is 0.0150. The lowest BCUT2D eigenvalue weighted by atomic mass is 9.78. The Kier molecular flexibility index (Phi) is 9.44. The van der Waals surface area contributed by atoms with Gasteiger partial charge in [0.15, 0.2) is 0 Å². The van der Waals surface area contributed by atoms with E-state index in [1.807, 2.05) is 34.7 Å². The lowest BCUT2D eigenvalue weighted by Gasteiger charge is -2.39. The van der Waals surface area contributed by atoms with Crippen LogP contribution < -0.4 is 0 Å². The number of likely N-dealkylation sites (tertiary alicyclic amines) is 1. The third-order valence-corrected chi connectivity index (χ3v) is 8.88. The first-order chi connectivity index (χ1) is 16.7. The third-order valence-electron chi connectivity index (χ3n) is 7.57. The van der Waals surface area contributed by atoms with Crippen molar-refractivity contribution >= 4 is 16.1 Å². The second-order valence-corrected chi connectivity index (χ2v) is 13.6. The number of aryl methyl sites for hydroxylation is 1. The van der Waals surface area contributed by atoms with Gasteiger partial charge in [0.1, 0.15) is 11.4 Å². The molecule has 1 aromatic rings. The summed E-state index contributed by atoms with van der Waals surface area (Å²) < 4.78 is 45.4.